The zero-order chi connectivity index (χ0) is 29.4. The molecule has 0 aromatic heterocycles. The van der Waals surface area contributed by atoms with Gasteiger partial charge in [-0.1, -0.05) is 79.6 Å². The molecule has 2 unspecified atom stereocenters. The number of para-hydroxylation sites is 1. The summed E-state index contributed by atoms with van der Waals surface area (Å²) < 4.78 is 29.1. The second-order valence-electron chi connectivity index (χ2n) is 10.4. The normalized spacial score (nSPS) is 12.8. The van der Waals surface area contributed by atoms with E-state index in [1.54, 1.807) is 36.4 Å². The molecule has 0 saturated heterocycles. The van der Waals surface area contributed by atoms with Crippen molar-refractivity contribution in [3.63, 3.8) is 0 Å². The second-order valence-corrected chi connectivity index (χ2v) is 12.2. The smallest absolute Gasteiger partial charge is 0.264 e. The van der Waals surface area contributed by atoms with Gasteiger partial charge in [0.1, 0.15) is 12.6 Å². The van der Waals surface area contributed by atoms with Crippen molar-refractivity contribution in [3.8, 4) is 0 Å². The predicted octanol–water partition coefficient (Wildman–Crippen LogP) is 5.53. The molecule has 0 heterocycles. The molecule has 0 radical (unpaired) electrons. The number of anilines is 1. The van der Waals surface area contributed by atoms with Crippen LogP contribution in [-0.2, 0) is 26.2 Å². The summed E-state index contributed by atoms with van der Waals surface area (Å²) in [6.07, 6.45) is 1.14. The van der Waals surface area contributed by atoms with Crippen LogP contribution in [0.2, 0.25) is 0 Å². The van der Waals surface area contributed by atoms with Crippen LogP contribution >= 0.6 is 0 Å². The number of rotatable bonds is 12. The van der Waals surface area contributed by atoms with Crippen molar-refractivity contribution in [1.29, 1.82) is 0 Å². The van der Waals surface area contributed by atoms with Gasteiger partial charge in [0.2, 0.25) is 11.8 Å². The minimum absolute atomic E-state index is 0.0525. The lowest BCUT2D eigenvalue weighted by molar-refractivity contribution is -0.140. The number of carbonyl (C=O) groups excluding carboxylic acids is 2. The van der Waals surface area contributed by atoms with Gasteiger partial charge in [0.05, 0.1) is 10.6 Å². The second kappa shape index (κ2) is 13.6. The number of hydrogen-bond acceptors (Lipinski definition) is 4. The summed E-state index contributed by atoms with van der Waals surface area (Å²) in [6.45, 7) is 11.2. The molecule has 0 saturated carbocycles. The summed E-state index contributed by atoms with van der Waals surface area (Å²) in [5.74, 6) is -0.702. The van der Waals surface area contributed by atoms with Crippen LogP contribution in [0, 0.1) is 20.8 Å². The molecule has 0 aliphatic rings. The first-order valence-corrected chi connectivity index (χ1v) is 15.2. The Hall–Kier alpha value is -3.65. The Morgan fingerprint density at radius 2 is 1.40 bits per heavy atom. The third-order valence-electron chi connectivity index (χ3n) is 7.13. The Bertz CT molecular complexity index is 1400. The lowest BCUT2D eigenvalue weighted by Gasteiger charge is -2.34. The lowest BCUT2D eigenvalue weighted by atomic mass is 10.1. The fourth-order valence-corrected chi connectivity index (χ4v) is 5.92. The molecule has 0 bridgehead atoms. The number of sulfonamides is 1. The number of nitrogens with zero attached hydrogens (tertiary/aromatic N) is 2. The van der Waals surface area contributed by atoms with Gasteiger partial charge in [-0.2, -0.15) is 0 Å². The highest BCUT2D eigenvalue weighted by atomic mass is 32.2. The molecule has 0 spiro atoms. The standard InChI is InChI=1S/C32H41N3O4S/c1-7-26(6)33-32(37)29(8-2)34(21-27-17-13-23(3)14-18-27)31(36)22-35(30-12-10-9-11-25(30)5)40(38,39)28-19-15-24(4)16-20-28/h9-20,26,29H,7-8,21-22H2,1-6H3,(H,33,37). The number of carbonyl (C=O) groups is 2. The topological polar surface area (TPSA) is 86.8 Å². The van der Waals surface area contributed by atoms with E-state index in [1.807, 2.05) is 77.9 Å². The summed E-state index contributed by atoms with van der Waals surface area (Å²) in [4.78, 5) is 29.1. The monoisotopic (exact) mass is 563 g/mol. The quantitative estimate of drug-likeness (QED) is 0.314. The van der Waals surface area contributed by atoms with Gasteiger partial charge in [-0.25, -0.2) is 8.42 Å². The number of nitrogens with one attached hydrogen (secondary N) is 1. The summed E-state index contributed by atoms with van der Waals surface area (Å²) in [7, 11) is -4.09. The molecule has 2 atom stereocenters. The van der Waals surface area contributed by atoms with Gasteiger partial charge < -0.3 is 10.2 Å². The maximum atomic E-state index is 14.1. The van der Waals surface area contributed by atoms with E-state index >= 15 is 0 Å². The van der Waals surface area contributed by atoms with E-state index in [2.05, 4.69) is 5.32 Å². The Morgan fingerprint density at radius 1 is 0.825 bits per heavy atom. The van der Waals surface area contributed by atoms with Crippen LogP contribution in [0.5, 0.6) is 0 Å². The van der Waals surface area contributed by atoms with Gasteiger partial charge in [0.25, 0.3) is 10.0 Å². The van der Waals surface area contributed by atoms with Crippen LogP contribution in [0.3, 0.4) is 0 Å². The summed E-state index contributed by atoms with van der Waals surface area (Å²) in [5.41, 5.74) is 4.01. The first kappa shape index (κ1) is 30.9. The van der Waals surface area contributed by atoms with E-state index in [-0.39, 0.29) is 23.4 Å². The van der Waals surface area contributed by atoms with E-state index in [1.165, 1.54) is 4.90 Å². The fourth-order valence-electron chi connectivity index (χ4n) is 4.44. The average Bonchev–Trinajstić information content (AvgIpc) is 2.93. The summed E-state index contributed by atoms with van der Waals surface area (Å²) >= 11 is 0. The molecule has 3 rings (SSSR count). The SMILES string of the molecule is CCC(C)NC(=O)C(CC)N(Cc1ccc(C)cc1)C(=O)CN(c1ccccc1C)S(=O)(=O)c1ccc(C)cc1. The van der Waals surface area contributed by atoms with Crippen molar-refractivity contribution in [2.45, 2.75) is 77.9 Å². The third kappa shape index (κ3) is 7.50. The van der Waals surface area contributed by atoms with Crippen LogP contribution in [0.1, 0.15) is 55.9 Å². The minimum atomic E-state index is -4.09. The molecule has 40 heavy (non-hydrogen) atoms. The average molecular weight is 564 g/mol. The lowest BCUT2D eigenvalue weighted by Crippen LogP contribution is -2.53. The first-order chi connectivity index (χ1) is 19.0. The van der Waals surface area contributed by atoms with Crippen molar-refractivity contribution in [2.75, 3.05) is 10.8 Å². The molecule has 1 N–H and O–H groups in total. The Balaban J connectivity index is 2.06. The number of amides is 2. The molecule has 3 aromatic rings. The summed E-state index contributed by atoms with van der Waals surface area (Å²) in [6, 6.07) is 20.6. The molecular formula is C32H41N3O4S. The Kier molecular flexibility index (Phi) is 10.5. The molecule has 0 aliphatic carbocycles. The number of benzene rings is 3. The highest BCUT2D eigenvalue weighted by Gasteiger charge is 2.34. The third-order valence-corrected chi connectivity index (χ3v) is 8.91. The zero-order valence-corrected chi connectivity index (χ0v) is 25.2. The molecule has 214 valence electrons. The van der Waals surface area contributed by atoms with Crippen molar-refractivity contribution in [2.24, 2.45) is 0 Å². The van der Waals surface area contributed by atoms with Crippen molar-refractivity contribution < 1.29 is 18.0 Å². The van der Waals surface area contributed by atoms with Crippen LogP contribution in [0.4, 0.5) is 5.69 Å². The van der Waals surface area contributed by atoms with Gasteiger partial charge >= 0.3 is 0 Å². The van der Waals surface area contributed by atoms with Crippen LogP contribution in [0.25, 0.3) is 0 Å². The largest absolute Gasteiger partial charge is 0.352 e. The van der Waals surface area contributed by atoms with Crippen LogP contribution in [0.15, 0.2) is 77.7 Å². The molecule has 0 fully saturated rings. The van der Waals surface area contributed by atoms with Crippen molar-refractivity contribution in [1.82, 2.24) is 10.2 Å². The van der Waals surface area contributed by atoms with E-state index < -0.39 is 28.5 Å². The molecule has 8 heteroatoms. The predicted molar refractivity (Wildman–Crippen MR) is 161 cm³/mol. The van der Waals surface area contributed by atoms with E-state index in [9.17, 15) is 18.0 Å². The van der Waals surface area contributed by atoms with Gasteiger partial charge in [-0.05, 0) is 69.9 Å². The van der Waals surface area contributed by atoms with E-state index in [4.69, 9.17) is 0 Å². The Morgan fingerprint density at radius 3 is 1.95 bits per heavy atom. The van der Waals surface area contributed by atoms with Gasteiger partial charge in [0.15, 0.2) is 0 Å². The molecular weight excluding hydrogens is 522 g/mol. The van der Waals surface area contributed by atoms with E-state index in [0.717, 1.165) is 33.0 Å². The molecule has 0 aliphatic heterocycles. The van der Waals surface area contributed by atoms with Gasteiger partial charge in [0, 0.05) is 12.6 Å². The van der Waals surface area contributed by atoms with Crippen molar-refractivity contribution in [3.05, 3.63) is 95.1 Å². The highest BCUT2D eigenvalue weighted by molar-refractivity contribution is 7.92. The molecule has 2 amide bonds. The maximum Gasteiger partial charge on any atom is 0.264 e. The van der Waals surface area contributed by atoms with Gasteiger partial charge in [-0.3, -0.25) is 13.9 Å². The van der Waals surface area contributed by atoms with Crippen LogP contribution < -0.4 is 9.62 Å². The highest BCUT2D eigenvalue weighted by Crippen LogP contribution is 2.28. The maximum absolute atomic E-state index is 14.1. The molecule has 7 nitrogen and oxygen atoms in total. The molecule has 3 aromatic carbocycles. The van der Waals surface area contributed by atoms with E-state index in [0.29, 0.717) is 12.1 Å². The van der Waals surface area contributed by atoms with Crippen molar-refractivity contribution >= 4 is 27.5 Å². The fraction of sp³-hybridized carbons (Fsp3) is 0.375. The minimum Gasteiger partial charge on any atom is -0.352 e. The Labute approximate surface area is 239 Å². The van der Waals surface area contributed by atoms with Gasteiger partial charge in [-0.15, -0.1) is 0 Å². The number of hydrogen-bond donors (Lipinski definition) is 1. The zero-order valence-electron chi connectivity index (χ0n) is 24.3. The summed E-state index contributed by atoms with van der Waals surface area (Å²) in [5, 5.41) is 3.00. The number of aryl methyl sites for hydroxylation is 3. The van der Waals surface area contributed by atoms with Crippen LogP contribution in [-0.4, -0.2) is 43.8 Å². The first-order valence-electron chi connectivity index (χ1n) is 13.8.